The van der Waals surface area contributed by atoms with Crippen LogP contribution in [0.5, 0.6) is 0 Å². The number of fused-ring (bicyclic) bond motifs is 1. The van der Waals surface area contributed by atoms with E-state index in [9.17, 15) is 4.79 Å². The second kappa shape index (κ2) is 7.61. The third-order valence-corrected chi connectivity index (χ3v) is 5.14. The highest BCUT2D eigenvalue weighted by atomic mass is 16.5. The summed E-state index contributed by atoms with van der Waals surface area (Å²) in [6.07, 6.45) is 2.09. The van der Waals surface area contributed by atoms with E-state index in [4.69, 9.17) is 9.26 Å². The van der Waals surface area contributed by atoms with Crippen LogP contribution in [0.4, 0.5) is 0 Å². The van der Waals surface area contributed by atoms with Gasteiger partial charge >= 0.3 is 0 Å². The number of carbonyl (C=O) groups excluding carboxylic acids is 1. The summed E-state index contributed by atoms with van der Waals surface area (Å²) in [5.74, 6) is 0.525. The molecule has 0 bridgehead atoms. The zero-order valence-corrected chi connectivity index (χ0v) is 15.1. The summed E-state index contributed by atoms with van der Waals surface area (Å²) in [5.41, 5.74) is 1.65. The monoisotopic (exact) mass is 359 g/mol. The topological polar surface area (TPSA) is 75.8 Å². The molecule has 2 aromatic heterocycles. The molecule has 4 heterocycles. The van der Waals surface area contributed by atoms with E-state index in [1.165, 1.54) is 5.69 Å². The fourth-order valence-corrected chi connectivity index (χ4v) is 3.52. The molecule has 1 fully saturated rings. The first-order valence-electron chi connectivity index (χ1n) is 9.07. The second-order valence-electron chi connectivity index (χ2n) is 7.00. The van der Waals surface area contributed by atoms with Crippen molar-refractivity contribution in [1.29, 1.82) is 0 Å². The van der Waals surface area contributed by atoms with Crippen molar-refractivity contribution in [3.05, 3.63) is 41.5 Å². The largest absolute Gasteiger partial charge is 0.379 e. The molecule has 0 saturated carbocycles. The van der Waals surface area contributed by atoms with Gasteiger partial charge in [0.1, 0.15) is 0 Å². The summed E-state index contributed by atoms with van der Waals surface area (Å²) >= 11 is 0. The van der Waals surface area contributed by atoms with Gasteiger partial charge in [0.05, 0.1) is 19.8 Å². The van der Waals surface area contributed by atoms with Crippen LogP contribution in [0.25, 0.3) is 0 Å². The average Bonchev–Trinajstić information content (AvgIpc) is 3.29. The molecular weight excluding hydrogens is 334 g/mol. The first-order valence-corrected chi connectivity index (χ1v) is 9.07. The molecule has 0 aliphatic carbocycles. The third-order valence-electron chi connectivity index (χ3n) is 5.14. The number of aromatic nitrogens is 2. The summed E-state index contributed by atoms with van der Waals surface area (Å²) in [6.45, 7) is 6.22. The zero-order chi connectivity index (χ0) is 17.9. The maximum atomic E-state index is 12.4. The smallest absolute Gasteiger partial charge is 0.273 e. The van der Waals surface area contributed by atoms with E-state index in [2.05, 4.69) is 50.2 Å². The van der Waals surface area contributed by atoms with Crippen molar-refractivity contribution in [2.45, 2.75) is 25.7 Å². The van der Waals surface area contributed by atoms with Crippen LogP contribution in [0, 0.1) is 0 Å². The lowest BCUT2D eigenvalue weighted by Gasteiger charge is -2.34. The third kappa shape index (κ3) is 3.82. The van der Waals surface area contributed by atoms with E-state index in [0.29, 0.717) is 24.5 Å². The Kier molecular flexibility index (Phi) is 5.05. The number of morpholine rings is 1. The highest BCUT2D eigenvalue weighted by Crippen LogP contribution is 2.16. The molecule has 4 rings (SSSR count). The zero-order valence-electron chi connectivity index (χ0n) is 15.1. The quantitative estimate of drug-likeness (QED) is 0.840. The molecule has 0 radical (unpaired) electrons. The Morgan fingerprint density at radius 3 is 3.08 bits per heavy atom. The summed E-state index contributed by atoms with van der Waals surface area (Å²) < 4.78 is 12.9. The Bertz CT molecular complexity index is 750. The second-order valence-corrected chi connectivity index (χ2v) is 7.00. The SMILES string of the molecule is CN1Cc2cccn2CC1CNC(=O)c1cc(CN2CCOCC2)on1. The van der Waals surface area contributed by atoms with Gasteiger partial charge in [-0.1, -0.05) is 5.16 Å². The number of rotatable bonds is 5. The van der Waals surface area contributed by atoms with Gasteiger partial charge in [0.15, 0.2) is 11.5 Å². The van der Waals surface area contributed by atoms with Crippen LogP contribution in [-0.2, 0) is 24.4 Å². The Balaban J connectivity index is 1.30. The molecule has 1 unspecified atom stereocenters. The van der Waals surface area contributed by atoms with Crippen molar-refractivity contribution < 1.29 is 14.1 Å². The van der Waals surface area contributed by atoms with Crippen molar-refractivity contribution in [3.63, 3.8) is 0 Å². The van der Waals surface area contributed by atoms with E-state index in [-0.39, 0.29) is 11.9 Å². The summed E-state index contributed by atoms with van der Waals surface area (Å²) in [5, 5.41) is 6.92. The van der Waals surface area contributed by atoms with Gasteiger partial charge in [0.2, 0.25) is 0 Å². The number of amides is 1. The molecule has 8 nitrogen and oxygen atoms in total. The maximum Gasteiger partial charge on any atom is 0.273 e. The number of likely N-dealkylation sites (N-methyl/N-ethyl adjacent to an activating group) is 1. The molecule has 1 saturated heterocycles. The molecule has 8 heteroatoms. The van der Waals surface area contributed by atoms with E-state index >= 15 is 0 Å². The minimum absolute atomic E-state index is 0.186. The van der Waals surface area contributed by atoms with Crippen LogP contribution in [-0.4, -0.2) is 71.4 Å². The van der Waals surface area contributed by atoms with Gasteiger partial charge in [0, 0.05) is 56.7 Å². The fourth-order valence-electron chi connectivity index (χ4n) is 3.52. The minimum atomic E-state index is -0.186. The number of hydrogen-bond donors (Lipinski definition) is 1. The van der Waals surface area contributed by atoms with Crippen LogP contribution < -0.4 is 5.32 Å². The van der Waals surface area contributed by atoms with Gasteiger partial charge in [-0.3, -0.25) is 14.6 Å². The van der Waals surface area contributed by atoms with E-state index in [1.54, 1.807) is 6.07 Å². The van der Waals surface area contributed by atoms with Crippen molar-refractivity contribution >= 4 is 5.91 Å². The molecular formula is C18H25N5O3. The Morgan fingerprint density at radius 1 is 1.38 bits per heavy atom. The van der Waals surface area contributed by atoms with Crippen molar-refractivity contribution in [1.82, 2.24) is 24.8 Å². The number of hydrogen-bond acceptors (Lipinski definition) is 6. The fraction of sp³-hybridized carbons (Fsp3) is 0.556. The van der Waals surface area contributed by atoms with Crippen LogP contribution >= 0.6 is 0 Å². The Morgan fingerprint density at radius 2 is 2.23 bits per heavy atom. The van der Waals surface area contributed by atoms with Crippen molar-refractivity contribution in [2.75, 3.05) is 39.9 Å². The highest BCUT2D eigenvalue weighted by Gasteiger charge is 2.24. The summed E-state index contributed by atoms with van der Waals surface area (Å²) in [7, 11) is 2.09. The lowest BCUT2D eigenvalue weighted by Crippen LogP contribution is -2.47. The first kappa shape index (κ1) is 17.3. The highest BCUT2D eigenvalue weighted by molar-refractivity contribution is 5.92. The van der Waals surface area contributed by atoms with E-state index in [1.807, 2.05) is 0 Å². The number of nitrogens with zero attached hydrogens (tertiary/aromatic N) is 4. The van der Waals surface area contributed by atoms with Crippen LogP contribution in [0.3, 0.4) is 0 Å². The predicted octanol–water partition coefficient (Wildman–Crippen LogP) is 0.552. The molecule has 2 aromatic rings. The molecule has 1 amide bonds. The van der Waals surface area contributed by atoms with Gasteiger partial charge in [0.25, 0.3) is 5.91 Å². The van der Waals surface area contributed by atoms with Crippen LogP contribution in [0.1, 0.15) is 21.9 Å². The molecule has 2 aliphatic heterocycles. The average molecular weight is 359 g/mol. The summed E-state index contributed by atoms with van der Waals surface area (Å²) in [6, 6.07) is 6.20. The van der Waals surface area contributed by atoms with Gasteiger partial charge in [-0.05, 0) is 19.2 Å². The standard InChI is InChI=1S/C18H25N5O3/c1-21-11-14-3-2-4-23(14)12-15(21)10-19-18(24)17-9-16(26-20-17)13-22-5-7-25-8-6-22/h2-4,9,15H,5-8,10-13H2,1H3,(H,19,24). The molecule has 140 valence electrons. The lowest BCUT2D eigenvalue weighted by atomic mass is 10.2. The van der Waals surface area contributed by atoms with Crippen molar-refractivity contribution in [2.24, 2.45) is 0 Å². The molecule has 26 heavy (non-hydrogen) atoms. The first-order chi connectivity index (χ1) is 12.7. The van der Waals surface area contributed by atoms with Gasteiger partial charge in [-0.2, -0.15) is 0 Å². The summed E-state index contributed by atoms with van der Waals surface area (Å²) in [4.78, 5) is 16.9. The Hall–Kier alpha value is -2.16. The lowest BCUT2D eigenvalue weighted by molar-refractivity contribution is 0.0305. The number of nitrogens with one attached hydrogen (secondary N) is 1. The molecule has 2 aliphatic rings. The van der Waals surface area contributed by atoms with Gasteiger partial charge in [-0.15, -0.1) is 0 Å². The van der Waals surface area contributed by atoms with Crippen molar-refractivity contribution in [3.8, 4) is 0 Å². The molecule has 0 aromatic carbocycles. The van der Waals surface area contributed by atoms with Crippen LogP contribution in [0.15, 0.2) is 28.9 Å². The van der Waals surface area contributed by atoms with Gasteiger partial charge < -0.3 is 19.1 Å². The minimum Gasteiger partial charge on any atom is -0.379 e. The molecule has 1 N–H and O–H groups in total. The number of ether oxygens (including phenoxy) is 1. The number of carbonyl (C=O) groups is 1. The normalized spacial score (nSPS) is 21.5. The van der Waals surface area contributed by atoms with Crippen LogP contribution in [0.2, 0.25) is 0 Å². The molecule has 0 spiro atoms. The maximum absolute atomic E-state index is 12.4. The predicted molar refractivity (Wildman–Crippen MR) is 94.6 cm³/mol. The molecule has 1 atom stereocenters. The van der Waals surface area contributed by atoms with E-state index in [0.717, 1.165) is 39.4 Å². The Labute approximate surface area is 152 Å². The van der Waals surface area contributed by atoms with E-state index < -0.39 is 0 Å². The van der Waals surface area contributed by atoms with Gasteiger partial charge in [-0.25, -0.2) is 0 Å².